The summed E-state index contributed by atoms with van der Waals surface area (Å²) >= 11 is 0. The van der Waals surface area contributed by atoms with Crippen molar-refractivity contribution in [2.45, 2.75) is 60.0 Å². The molecule has 4 rings (SSSR count). The van der Waals surface area contributed by atoms with Crippen LogP contribution in [0.3, 0.4) is 0 Å². The topological polar surface area (TPSA) is 63.6 Å². The molecule has 0 aliphatic rings. The van der Waals surface area contributed by atoms with Gasteiger partial charge in [-0.2, -0.15) is 8.42 Å². The van der Waals surface area contributed by atoms with E-state index in [0.29, 0.717) is 4.90 Å². The zero-order valence-corrected chi connectivity index (χ0v) is 25.7. The average Bonchev–Trinajstić information content (AvgIpc) is 2.91. The van der Waals surface area contributed by atoms with Gasteiger partial charge in [0.15, 0.2) is 0 Å². The molecule has 0 fully saturated rings. The van der Waals surface area contributed by atoms with E-state index in [2.05, 4.69) is 47.7 Å². The molecule has 0 aliphatic carbocycles. The third-order valence-corrected chi connectivity index (χ3v) is 16.7. The largest absolute Gasteiger partial charge is 0.290 e. The fraction of sp³-hybridized carbons (Fsp3) is 0.250. The molecule has 0 heterocycles. The molecule has 4 aromatic rings. The first-order valence-electron chi connectivity index (χ1n) is 13.2. The summed E-state index contributed by atoms with van der Waals surface area (Å²) in [5, 5.41) is 0. The summed E-state index contributed by atoms with van der Waals surface area (Å²) in [6.45, 7) is 8.42. The van der Waals surface area contributed by atoms with E-state index in [1.165, 1.54) is 5.56 Å². The van der Waals surface area contributed by atoms with Crippen LogP contribution in [-0.4, -0.2) is 25.6 Å². The number of rotatable bonds is 10. The van der Waals surface area contributed by atoms with E-state index in [4.69, 9.17) is 0 Å². The molecule has 4 aromatic carbocycles. The summed E-state index contributed by atoms with van der Waals surface area (Å²) < 4.78 is 47.5. The Bertz CT molecular complexity index is 1590. The van der Waals surface area contributed by atoms with Crippen molar-refractivity contribution < 1.29 is 12.6 Å². The SMILES string of the molecule is Cc1ccc(S(=O)(=O)N=S(=O)(c2ccccc2)C(C(CCc2ccccc2)c2ccccc2)[Si](C)(C)C)cc1. The van der Waals surface area contributed by atoms with Crippen molar-refractivity contribution in [3.05, 3.63) is 132 Å². The van der Waals surface area contributed by atoms with Crippen LogP contribution < -0.4 is 0 Å². The molecule has 4 nitrogen and oxygen atoms in total. The van der Waals surface area contributed by atoms with Gasteiger partial charge in [-0.25, -0.2) is 4.21 Å². The Morgan fingerprint density at radius 2 is 1.18 bits per heavy atom. The number of benzene rings is 4. The Balaban J connectivity index is 1.97. The van der Waals surface area contributed by atoms with Crippen molar-refractivity contribution in [2.75, 3.05) is 0 Å². The third kappa shape index (κ3) is 6.96. The summed E-state index contributed by atoms with van der Waals surface area (Å²) in [5.41, 5.74) is 3.21. The molecule has 3 unspecified atom stereocenters. The summed E-state index contributed by atoms with van der Waals surface area (Å²) in [6, 6.07) is 36.0. The van der Waals surface area contributed by atoms with E-state index in [-0.39, 0.29) is 10.8 Å². The van der Waals surface area contributed by atoms with Gasteiger partial charge in [-0.15, -0.1) is 3.77 Å². The lowest BCUT2D eigenvalue weighted by atomic mass is 9.93. The van der Waals surface area contributed by atoms with Crippen molar-refractivity contribution >= 4 is 27.8 Å². The maximum absolute atomic E-state index is 15.5. The van der Waals surface area contributed by atoms with Gasteiger partial charge in [0, 0.05) is 9.77 Å². The zero-order valence-electron chi connectivity index (χ0n) is 23.0. The Hall–Kier alpha value is -3.00. The molecule has 0 spiro atoms. The second kappa shape index (κ2) is 12.0. The van der Waals surface area contributed by atoms with E-state index < -0.39 is 32.7 Å². The molecule has 0 aromatic heterocycles. The van der Waals surface area contributed by atoms with Crippen LogP contribution in [0, 0.1) is 6.92 Å². The predicted molar refractivity (Wildman–Crippen MR) is 165 cm³/mol. The fourth-order valence-corrected chi connectivity index (χ4v) is 15.7. The number of aryl methyl sites for hydroxylation is 2. The lowest BCUT2D eigenvalue weighted by Gasteiger charge is -2.38. The van der Waals surface area contributed by atoms with E-state index in [1.54, 1.807) is 36.4 Å². The van der Waals surface area contributed by atoms with Crippen LogP contribution in [0.1, 0.15) is 29.0 Å². The molecule has 0 saturated heterocycles. The quantitative estimate of drug-likeness (QED) is 0.181. The Labute approximate surface area is 235 Å². The van der Waals surface area contributed by atoms with E-state index >= 15 is 4.21 Å². The smallest absolute Gasteiger partial charge is 0.244 e. The monoisotopic (exact) mass is 575 g/mol. The van der Waals surface area contributed by atoms with Crippen LogP contribution in [0.15, 0.2) is 129 Å². The number of nitrogens with zero attached hydrogens (tertiary/aromatic N) is 1. The van der Waals surface area contributed by atoms with Gasteiger partial charge >= 0.3 is 0 Å². The van der Waals surface area contributed by atoms with Gasteiger partial charge in [0.1, 0.15) is 0 Å². The highest BCUT2D eigenvalue weighted by atomic mass is 32.3. The second-order valence-electron chi connectivity index (χ2n) is 11.1. The van der Waals surface area contributed by atoms with Crippen molar-refractivity contribution in [1.82, 2.24) is 0 Å². The van der Waals surface area contributed by atoms with Gasteiger partial charge in [0.05, 0.1) is 22.7 Å². The summed E-state index contributed by atoms with van der Waals surface area (Å²) in [5.74, 6) is -0.150. The van der Waals surface area contributed by atoms with E-state index in [1.807, 2.05) is 61.5 Å². The Morgan fingerprint density at radius 3 is 1.72 bits per heavy atom. The first kappa shape index (κ1) is 29.0. The molecule has 3 atom stereocenters. The average molecular weight is 576 g/mol. The summed E-state index contributed by atoms with van der Waals surface area (Å²) in [7, 11) is -9.97. The molecule has 0 saturated carbocycles. The highest BCUT2D eigenvalue weighted by Crippen LogP contribution is 2.40. The first-order chi connectivity index (χ1) is 18.5. The minimum Gasteiger partial charge on any atom is -0.244 e. The van der Waals surface area contributed by atoms with Crippen molar-refractivity contribution in [3.63, 3.8) is 0 Å². The van der Waals surface area contributed by atoms with E-state index in [0.717, 1.165) is 24.0 Å². The van der Waals surface area contributed by atoms with Crippen molar-refractivity contribution in [1.29, 1.82) is 0 Å². The maximum Gasteiger partial charge on any atom is 0.290 e. The lowest BCUT2D eigenvalue weighted by Crippen LogP contribution is -2.48. The van der Waals surface area contributed by atoms with Gasteiger partial charge in [-0.05, 0) is 61.1 Å². The number of sulfonamides is 1. The van der Waals surface area contributed by atoms with Crippen LogP contribution in [-0.2, 0) is 26.2 Å². The van der Waals surface area contributed by atoms with E-state index in [9.17, 15) is 8.42 Å². The van der Waals surface area contributed by atoms with Crippen molar-refractivity contribution in [2.24, 2.45) is 3.77 Å². The number of hydrogen-bond acceptors (Lipinski definition) is 3. The van der Waals surface area contributed by atoms with Crippen LogP contribution in [0.25, 0.3) is 0 Å². The predicted octanol–water partition coefficient (Wildman–Crippen LogP) is 7.87. The molecule has 7 heteroatoms. The van der Waals surface area contributed by atoms with Gasteiger partial charge in [0.2, 0.25) is 0 Å². The van der Waals surface area contributed by atoms with Crippen LogP contribution in [0.5, 0.6) is 0 Å². The van der Waals surface area contributed by atoms with Crippen molar-refractivity contribution in [3.8, 4) is 0 Å². The second-order valence-corrected chi connectivity index (χ2v) is 21.0. The molecule has 39 heavy (non-hydrogen) atoms. The standard InChI is InChI=1S/C32H37NO3S2Si/c1-26-20-23-30(24-21-26)38(35,36)33-37(34,29-18-12-7-13-19-29)32(39(2,3)4)31(28-16-10-6-11-17-28)25-22-27-14-8-5-9-15-27/h5-21,23-24,31-32H,22,25H2,1-4H3. The first-order valence-corrected chi connectivity index (χ1v) is 19.8. The lowest BCUT2D eigenvalue weighted by molar-refractivity contribution is 0.596. The summed E-state index contributed by atoms with van der Waals surface area (Å²) in [6.07, 6.45) is 1.52. The Morgan fingerprint density at radius 1 is 0.667 bits per heavy atom. The van der Waals surface area contributed by atoms with Gasteiger partial charge in [-0.1, -0.05) is 116 Å². The highest BCUT2D eigenvalue weighted by Gasteiger charge is 2.44. The molecule has 0 amide bonds. The van der Waals surface area contributed by atoms with Crippen LogP contribution >= 0.6 is 0 Å². The third-order valence-electron chi connectivity index (χ3n) is 6.99. The van der Waals surface area contributed by atoms with Gasteiger partial charge in [0.25, 0.3) is 10.0 Å². The summed E-state index contributed by atoms with van der Waals surface area (Å²) in [4.78, 5) is 0.0686. The molecule has 0 radical (unpaired) electrons. The minimum absolute atomic E-state index is 0.0617. The molecular weight excluding hydrogens is 539 g/mol. The molecular formula is C32H37NO3S2Si. The minimum atomic E-state index is -4.20. The van der Waals surface area contributed by atoms with Crippen LogP contribution in [0.2, 0.25) is 19.6 Å². The highest BCUT2D eigenvalue weighted by molar-refractivity contribution is 8.04. The van der Waals surface area contributed by atoms with Crippen LogP contribution in [0.4, 0.5) is 0 Å². The Kier molecular flexibility index (Phi) is 8.94. The molecule has 204 valence electrons. The van der Waals surface area contributed by atoms with Gasteiger partial charge in [-0.3, -0.25) is 0 Å². The normalized spacial score (nSPS) is 15.2. The fourth-order valence-electron chi connectivity index (χ4n) is 5.22. The molecule has 0 N–H and O–H groups in total. The zero-order chi connectivity index (χ0) is 28.1. The molecule has 0 aliphatic heterocycles. The number of hydrogen-bond donors (Lipinski definition) is 0. The molecule has 0 bridgehead atoms. The maximum atomic E-state index is 15.5. The van der Waals surface area contributed by atoms with Gasteiger partial charge < -0.3 is 0 Å².